The van der Waals surface area contributed by atoms with E-state index in [0.29, 0.717) is 96.7 Å². The monoisotopic (exact) mass is 1850 g/mol. The third kappa shape index (κ3) is 19.7. The van der Waals surface area contributed by atoms with Gasteiger partial charge in [-0.25, -0.2) is 0 Å². The van der Waals surface area contributed by atoms with Crippen LogP contribution in [0.4, 0.5) is 0 Å². The minimum atomic E-state index is 0.128. The van der Waals surface area contributed by atoms with Crippen molar-refractivity contribution >= 4 is 0 Å². The number of ether oxygens (including phenoxy) is 6. The largest absolute Gasteiger partial charge is 0.378 e. The van der Waals surface area contributed by atoms with Crippen molar-refractivity contribution in [3.05, 3.63) is 0 Å². The molecule has 8 unspecified atom stereocenters. The van der Waals surface area contributed by atoms with E-state index in [4.69, 9.17) is 28.4 Å². The molecule has 33 rings (SSSR count). The molecule has 0 aromatic heterocycles. The van der Waals surface area contributed by atoms with Crippen molar-refractivity contribution in [2.24, 2.45) is 170 Å². The minimum absolute atomic E-state index is 0.128. The van der Waals surface area contributed by atoms with Crippen LogP contribution in [0.2, 0.25) is 0 Å². The van der Waals surface area contributed by atoms with Crippen LogP contribution in [-0.2, 0) is 28.4 Å². The van der Waals surface area contributed by atoms with Gasteiger partial charge in [-0.05, 0) is 446 Å². The minimum Gasteiger partial charge on any atom is -0.378 e. The third-order valence-corrected chi connectivity index (χ3v) is 49.0. The van der Waals surface area contributed by atoms with Crippen molar-refractivity contribution in [2.75, 3.05) is 32.8 Å². The maximum atomic E-state index is 6.27. The Labute approximate surface area is 825 Å². The molecule has 18 saturated carbocycles. The Bertz CT molecular complexity index is 3330. The first-order valence-electron chi connectivity index (χ1n) is 59.7. The predicted octanol–water partition coefficient (Wildman–Crippen LogP) is 35.3. The van der Waals surface area contributed by atoms with Crippen molar-refractivity contribution in [1.29, 1.82) is 0 Å². The summed E-state index contributed by atoms with van der Waals surface area (Å²) in [5, 5.41) is 0. The zero-order chi connectivity index (χ0) is 96.0. The van der Waals surface area contributed by atoms with Crippen molar-refractivity contribution in [3.8, 4) is 0 Å². The second-order valence-electron chi connectivity index (χ2n) is 62.5. The summed E-state index contributed by atoms with van der Waals surface area (Å²) in [6.45, 7) is 77.8. The Kier molecular flexibility index (Phi) is 30.6. The van der Waals surface area contributed by atoms with E-state index in [2.05, 4.69) is 213 Å². The number of hydrogen-bond donors (Lipinski definition) is 0. The molecule has 33 fully saturated rings. The summed E-state index contributed by atoms with van der Waals surface area (Å²) in [5.41, 5.74) is 9.58. The fourth-order valence-electron chi connectivity index (χ4n) is 37.8. The number of fused-ring (bicyclic) bond motifs is 24. The maximum absolute atomic E-state index is 6.27. The second kappa shape index (κ2) is 38.5. The summed E-state index contributed by atoms with van der Waals surface area (Å²) in [5.74, 6) is 16.7. The van der Waals surface area contributed by atoms with Gasteiger partial charge in [0.05, 0.1) is 72.2 Å². The van der Waals surface area contributed by atoms with Gasteiger partial charge in [0.2, 0.25) is 0 Å². The molecule has 15 heterocycles. The van der Waals surface area contributed by atoms with E-state index >= 15 is 0 Å². The van der Waals surface area contributed by atoms with Crippen LogP contribution in [0.15, 0.2) is 0 Å². The highest BCUT2D eigenvalue weighted by Crippen LogP contribution is 3.08. The van der Waals surface area contributed by atoms with Crippen molar-refractivity contribution in [2.45, 2.75) is 594 Å². The molecule has 0 amide bonds. The first-order valence-corrected chi connectivity index (χ1v) is 59.7. The molecule has 0 aromatic rings. The molecule has 33 aliphatic rings. The molecule has 133 heavy (non-hydrogen) atoms. The molecule has 7 heteroatoms. The van der Waals surface area contributed by atoms with Gasteiger partial charge in [-0.1, -0.05) is 259 Å². The molecule has 18 aliphatic carbocycles. The van der Waals surface area contributed by atoms with Crippen molar-refractivity contribution in [3.63, 3.8) is 0 Å². The fraction of sp³-hybridized carbons (Fsp3) is 1.00. The highest BCUT2D eigenvalue weighted by Gasteiger charge is 3.05. The number of nitrogens with zero attached hydrogens (tertiary/aromatic N) is 1. The average Bonchev–Trinajstić information content (AvgIpc) is 0.687. The lowest BCUT2D eigenvalue weighted by Crippen LogP contribution is -3.07. The van der Waals surface area contributed by atoms with E-state index in [1.165, 1.54) is 363 Å². The third-order valence-electron chi connectivity index (χ3n) is 49.0. The molecule has 22 bridgehead atoms. The SMILES string of the molecule is CC(C)(C)C12C3C4C5C3C1C5C42.CC(C)(C)C12CC3CC(O1)C(C2)O3.CC(C)(C)C12CCC(CC1)CC2.CC(C)(C)C12CCC(CC1)OC2.CC(C)(C)C12CCCC(CC1)O2.CC(C)(C)C12CCCC(CCC1)C2.CC(C)(C)C12CCCC(CCC1)O2.CC(C)(C)C12CCN(CC1)CC2.CC(C)C12CCC(CC1)CO2.CC(C)C12CCCC(CC1)C2.CC(C)C12CCCC(CC1)CC2. The van der Waals surface area contributed by atoms with Crippen LogP contribution in [0.3, 0.4) is 0 Å². The van der Waals surface area contributed by atoms with Crippen LogP contribution >= 0.6 is 0 Å². The molecule has 8 atom stereocenters. The molecular formula is C126H223NO6. The number of piperidine rings is 3. The van der Waals surface area contributed by atoms with E-state index in [1.807, 2.05) is 0 Å². The normalized spacial score (nSPS) is 46.7. The van der Waals surface area contributed by atoms with Crippen molar-refractivity contribution in [1.82, 2.24) is 4.90 Å². The lowest BCUT2D eigenvalue weighted by Gasteiger charge is -3.09. The molecule has 15 aliphatic heterocycles. The zero-order valence-electron chi connectivity index (χ0n) is 94.1. The van der Waals surface area contributed by atoms with E-state index in [-0.39, 0.29) is 27.8 Å². The van der Waals surface area contributed by atoms with Crippen LogP contribution in [-0.4, -0.2) is 96.8 Å². The Morgan fingerprint density at radius 1 is 0.263 bits per heavy atom. The molecule has 15 saturated heterocycles. The van der Waals surface area contributed by atoms with Gasteiger partial charge in [-0.2, -0.15) is 0 Å². The van der Waals surface area contributed by atoms with Gasteiger partial charge in [0, 0.05) is 19.3 Å². The molecule has 7 nitrogen and oxygen atoms in total. The zero-order valence-corrected chi connectivity index (χ0v) is 94.1. The van der Waals surface area contributed by atoms with Gasteiger partial charge < -0.3 is 33.3 Å². The van der Waals surface area contributed by atoms with Crippen LogP contribution in [0.1, 0.15) is 535 Å². The standard InChI is InChI=1S/C13H24.C12H22O.C12H16.2C12H22.C11H21N.C11H18O2.2C11H20O.C11H20.C10H18O/c1-12(2,3)13-8-4-6-11(10-13)7-5-9-13;1-11(2,3)12-8-4-6-10(13-12)7-5-9-12;1-11(2,3)12-8-5-4-6(8)10(12)7(4)9(5)12;1-11(2,3)12-7-4-10(5-8-12)6-9-12;1-10(2)12-7-3-4-11(5-8-12)6-9-12;1-10(2,3)11-4-7-12(8-5-11)9-6-11;1-10(2,3)11-5-7-4-8(13-11)9(6-11)12-7;1-10(2,3)11-6-4-9(5-7-11)12-8-11;1-10(2,3)11-7-4-5-9(12-11)6-8-11;1-9(2)11-6-3-4-10(8-11)5-7-11;1-8(2)10-5-3-9(4-6-10)7-11-10/h11H,4-10H2,1-3H3;10H,4-9H2,1-3H3;4-10H,1-3H3;10H,4-9H2,1-3H3;10-11H,3-9H2,1-2H3;4-9H2,1-3H3;7-9H,4-6H2,1-3H3;2*9H,4-8H2,1-3H3;9-10H,3-8H2,1-2H3;8-9H,3-7H2,1-2H3. The van der Waals surface area contributed by atoms with Crippen LogP contribution in [0.5, 0.6) is 0 Å². The summed E-state index contributed by atoms with van der Waals surface area (Å²) in [7, 11) is 0. The smallest absolute Gasteiger partial charge is 0.0870 e. The Balaban J connectivity index is 0.000000107. The molecule has 768 valence electrons. The number of hydrogen-bond acceptors (Lipinski definition) is 7. The lowest BCUT2D eigenvalue weighted by atomic mass is 8.94. The molecule has 0 N–H and O–H groups in total. The summed E-state index contributed by atoms with van der Waals surface area (Å²) in [4.78, 5) is 2.62. The van der Waals surface area contributed by atoms with E-state index < -0.39 is 0 Å². The molecule has 0 radical (unpaired) electrons. The van der Waals surface area contributed by atoms with E-state index in [1.54, 1.807) is 6.42 Å². The topological polar surface area (TPSA) is 58.6 Å². The lowest BCUT2D eigenvalue weighted by molar-refractivity contribution is -0.634. The van der Waals surface area contributed by atoms with Gasteiger partial charge >= 0.3 is 0 Å². The summed E-state index contributed by atoms with van der Waals surface area (Å²) in [6, 6.07) is 0. The highest BCUT2D eigenvalue weighted by molar-refractivity contribution is 5.51. The first kappa shape index (κ1) is 106. The van der Waals surface area contributed by atoms with Crippen LogP contribution < -0.4 is 0 Å². The molecular weight excluding hydrogens is 1620 g/mol. The maximum Gasteiger partial charge on any atom is 0.0870 e. The second-order valence-corrected chi connectivity index (χ2v) is 62.5. The van der Waals surface area contributed by atoms with Crippen LogP contribution in [0, 0.1) is 170 Å². The Hall–Kier alpha value is -0.280. The Morgan fingerprint density at radius 3 is 1.01 bits per heavy atom. The Morgan fingerprint density at radius 2 is 0.654 bits per heavy atom. The molecule has 0 spiro atoms. The summed E-state index contributed by atoms with van der Waals surface area (Å²) >= 11 is 0. The van der Waals surface area contributed by atoms with Gasteiger partial charge in [-0.3, -0.25) is 0 Å². The highest BCUT2D eigenvalue weighted by atomic mass is 16.6. The van der Waals surface area contributed by atoms with Crippen LogP contribution in [0.25, 0.3) is 0 Å². The van der Waals surface area contributed by atoms with Crippen molar-refractivity contribution < 1.29 is 28.4 Å². The summed E-state index contributed by atoms with van der Waals surface area (Å²) in [6.07, 6.45) is 75.8. The van der Waals surface area contributed by atoms with Gasteiger partial charge in [-0.15, -0.1) is 0 Å². The van der Waals surface area contributed by atoms with Gasteiger partial charge in [0.25, 0.3) is 0 Å². The quantitative estimate of drug-likeness (QED) is 0.279. The van der Waals surface area contributed by atoms with Gasteiger partial charge in [0.15, 0.2) is 0 Å². The average molecular weight is 1850 g/mol. The predicted molar refractivity (Wildman–Crippen MR) is 561 cm³/mol. The first-order chi connectivity index (χ1) is 62.0. The van der Waals surface area contributed by atoms with E-state index in [0.717, 1.165) is 95.6 Å². The van der Waals surface area contributed by atoms with Gasteiger partial charge in [0.1, 0.15) is 0 Å². The summed E-state index contributed by atoms with van der Waals surface area (Å²) < 4.78 is 36.2. The molecule has 0 aromatic carbocycles. The fourth-order valence-corrected chi connectivity index (χ4v) is 37.8. The number of rotatable bonds is 3. The van der Waals surface area contributed by atoms with E-state index in [9.17, 15) is 0 Å².